The molecule has 2 heterocycles. The van der Waals surface area contributed by atoms with Gasteiger partial charge in [-0.2, -0.15) is 0 Å². The molecule has 1 aliphatic carbocycles. The van der Waals surface area contributed by atoms with E-state index in [4.69, 9.17) is 0 Å². The molecule has 5 nitrogen and oxygen atoms in total. The van der Waals surface area contributed by atoms with Crippen molar-refractivity contribution < 1.29 is 9.59 Å². The lowest BCUT2D eigenvalue weighted by atomic mass is 10.0. The van der Waals surface area contributed by atoms with Gasteiger partial charge in [0.15, 0.2) is 0 Å². The smallest absolute Gasteiger partial charge is 0.263 e. The minimum Gasteiger partial charge on any atom is -0.348 e. The molecule has 1 saturated carbocycles. The zero-order chi connectivity index (χ0) is 14.1. The number of thiazole rings is 1. The second-order valence-corrected chi connectivity index (χ2v) is 6.47. The summed E-state index contributed by atoms with van der Waals surface area (Å²) in [5, 5.41) is 3.06. The summed E-state index contributed by atoms with van der Waals surface area (Å²) in [7, 11) is 0. The molecule has 1 aromatic heterocycles. The van der Waals surface area contributed by atoms with E-state index in [0.717, 1.165) is 44.5 Å². The molecule has 6 heteroatoms. The van der Waals surface area contributed by atoms with E-state index in [-0.39, 0.29) is 11.9 Å². The standard InChI is InChI=1S/C14H19N3O2S/c1-9-12(20-8-15-9)13(18)16-11-4-6-17(7-5-11)14(19)10-2-3-10/h8,10-11H,2-7H2,1H3,(H,16,18). The number of nitrogens with zero attached hydrogens (tertiary/aromatic N) is 2. The number of likely N-dealkylation sites (tertiary alicyclic amines) is 1. The molecular formula is C14H19N3O2S. The van der Waals surface area contributed by atoms with Crippen LogP contribution in [0, 0.1) is 12.8 Å². The van der Waals surface area contributed by atoms with Crippen LogP contribution in [0.15, 0.2) is 5.51 Å². The van der Waals surface area contributed by atoms with Gasteiger partial charge in [0.1, 0.15) is 4.88 Å². The van der Waals surface area contributed by atoms with Crippen LogP contribution in [0.2, 0.25) is 0 Å². The molecular weight excluding hydrogens is 274 g/mol. The van der Waals surface area contributed by atoms with Crippen molar-refractivity contribution in [1.29, 1.82) is 0 Å². The Balaban J connectivity index is 1.50. The first-order chi connectivity index (χ1) is 9.65. The molecule has 0 unspecified atom stereocenters. The number of rotatable bonds is 3. The van der Waals surface area contributed by atoms with Gasteiger partial charge in [-0.3, -0.25) is 9.59 Å². The van der Waals surface area contributed by atoms with Crippen molar-refractivity contribution in [2.75, 3.05) is 13.1 Å². The highest BCUT2D eigenvalue weighted by Gasteiger charge is 2.35. The summed E-state index contributed by atoms with van der Waals surface area (Å²) in [5.74, 6) is 0.575. The third kappa shape index (κ3) is 2.85. The number of hydrogen-bond acceptors (Lipinski definition) is 4. The van der Waals surface area contributed by atoms with Crippen molar-refractivity contribution in [3.05, 3.63) is 16.1 Å². The Morgan fingerprint density at radius 3 is 2.55 bits per heavy atom. The van der Waals surface area contributed by atoms with Crippen LogP contribution in [-0.4, -0.2) is 40.8 Å². The maximum absolute atomic E-state index is 12.1. The van der Waals surface area contributed by atoms with Crippen LogP contribution in [0.25, 0.3) is 0 Å². The number of hydrogen-bond donors (Lipinski definition) is 1. The van der Waals surface area contributed by atoms with E-state index in [1.54, 1.807) is 5.51 Å². The van der Waals surface area contributed by atoms with Crippen LogP contribution in [0.1, 0.15) is 41.0 Å². The SMILES string of the molecule is Cc1ncsc1C(=O)NC1CCN(C(=O)C2CC2)CC1. The molecule has 0 atom stereocenters. The second kappa shape index (κ2) is 5.52. The highest BCUT2D eigenvalue weighted by atomic mass is 32.1. The van der Waals surface area contributed by atoms with Gasteiger partial charge >= 0.3 is 0 Å². The van der Waals surface area contributed by atoms with Gasteiger partial charge in [-0.15, -0.1) is 11.3 Å². The van der Waals surface area contributed by atoms with Crippen LogP contribution in [0.5, 0.6) is 0 Å². The van der Waals surface area contributed by atoms with Crippen molar-refractivity contribution in [2.45, 2.75) is 38.6 Å². The summed E-state index contributed by atoms with van der Waals surface area (Å²) in [6.45, 7) is 3.38. The van der Waals surface area contributed by atoms with Gasteiger partial charge in [0.25, 0.3) is 5.91 Å². The predicted octanol–water partition coefficient (Wildman–Crippen LogP) is 1.58. The molecule has 108 valence electrons. The molecule has 2 amide bonds. The van der Waals surface area contributed by atoms with Gasteiger partial charge in [-0.1, -0.05) is 0 Å². The Morgan fingerprint density at radius 2 is 2.00 bits per heavy atom. The largest absolute Gasteiger partial charge is 0.348 e. The minimum atomic E-state index is -0.0306. The number of amides is 2. The van der Waals surface area contributed by atoms with Gasteiger partial charge in [-0.25, -0.2) is 4.98 Å². The average molecular weight is 293 g/mol. The van der Waals surface area contributed by atoms with Crippen molar-refractivity contribution in [3.8, 4) is 0 Å². The first-order valence-corrected chi connectivity index (χ1v) is 8.03. The van der Waals surface area contributed by atoms with Crippen LogP contribution in [0.3, 0.4) is 0 Å². The Hall–Kier alpha value is -1.43. The zero-order valence-electron chi connectivity index (χ0n) is 11.6. The average Bonchev–Trinajstić information content (AvgIpc) is 3.21. The summed E-state index contributed by atoms with van der Waals surface area (Å²) in [6.07, 6.45) is 3.81. The summed E-state index contributed by atoms with van der Waals surface area (Å²) >= 11 is 1.38. The van der Waals surface area contributed by atoms with E-state index in [9.17, 15) is 9.59 Å². The van der Waals surface area contributed by atoms with Crippen molar-refractivity contribution in [2.24, 2.45) is 5.92 Å². The number of piperidine rings is 1. The fourth-order valence-corrected chi connectivity index (χ4v) is 3.31. The lowest BCUT2D eigenvalue weighted by Gasteiger charge is -2.32. The van der Waals surface area contributed by atoms with Gasteiger partial charge in [0.2, 0.25) is 5.91 Å². The molecule has 1 aliphatic heterocycles. The summed E-state index contributed by atoms with van der Waals surface area (Å²) in [4.78, 5) is 30.8. The molecule has 0 radical (unpaired) electrons. The van der Waals surface area contributed by atoms with Crippen molar-refractivity contribution in [3.63, 3.8) is 0 Å². The quantitative estimate of drug-likeness (QED) is 0.920. The molecule has 2 aliphatic rings. The fourth-order valence-electron chi connectivity index (χ4n) is 2.60. The predicted molar refractivity (Wildman–Crippen MR) is 76.6 cm³/mol. The first-order valence-electron chi connectivity index (χ1n) is 7.15. The molecule has 0 spiro atoms. The zero-order valence-corrected chi connectivity index (χ0v) is 12.4. The topological polar surface area (TPSA) is 62.3 Å². The lowest BCUT2D eigenvalue weighted by molar-refractivity contribution is -0.133. The van der Waals surface area contributed by atoms with Crippen LogP contribution in [-0.2, 0) is 4.79 Å². The van der Waals surface area contributed by atoms with Gasteiger partial charge in [0, 0.05) is 25.0 Å². The van der Waals surface area contributed by atoms with Crippen LogP contribution < -0.4 is 5.32 Å². The molecule has 20 heavy (non-hydrogen) atoms. The third-order valence-electron chi connectivity index (χ3n) is 4.02. The van der Waals surface area contributed by atoms with E-state index in [0.29, 0.717) is 16.7 Å². The minimum absolute atomic E-state index is 0.0306. The van der Waals surface area contributed by atoms with Crippen LogP contribution >= 0.6 is 11.3 Å². The second-order valence-electron chi connectivity index (χ2n) is 5.61. The third-order valence-corrected chi connectivity index (χ3v) is 4.95. The molecule has 0 aromatic carbocycles. The summed E-state index contributed by atoms with van der Waals surface area (Å²) < 4.78 is 0. The van der Waals surface area contributed by atoms with E-state index < -0.39 is 0 Å². The highest BCUT2D eigenvalue weighted by Crippen LogP contribution is 2.31. The molecule has 0 bridgehead atoms. The highest BCUT2D eigenvalue weighted by molar-refractivity contribution is 7.11. The van der Waals surface area contributed by atoms with Gasteiger partial charge < -0.3 is 10.2 Å². The summed E-state index contributed by atoms with van der Waals surface area (Å²) in [6, 6.07) is 0.173. The Morgan fingerprint density at radius 1 is 1.30 bits per heavy atom. The Bertz CT molecular complexity index is 516. The first kappa shape index (κ1) is 13.5. The van der Waals surface area contributed by atoms with E-state index >= 15 is 0 Å². The normalized spacial score (nSPS) is 19.9. The van der Waals surface area contributed by atoms with E-state index in [1.807, 2.05) is 11.8 Å². The number of aromatic nitrogens is 1. The maximum atomic E-state index is 12.1. The molecule has 1 N–H and O–H groups in total. The van der Waals surface area contributed by atoms with Crippen molar-refractivity contribution >= 4 is 23.2 Å². The number of aryl methyl sites for hydroxylation is 1. The number of nitrogens with one attached hydrogen (secondary N) is 1. The van der Waals surface area contributed by atoms with Crippen molar-refractivity contribution in [1.82, 2.24) is 15.2 Å². The summed E-state index contributed by atoms with van der Waals surface area (Å²) in [5.41, 5.74) is 2.48. The molecule has 3 rings (SSSR count). The van der Waals surface area contributed by atoms with Gasteiger partial charge in [0.05, 0.1) is 11.2 Å². The maximum Gasteiger partial charge on any atom is 0.263 e. The molecule has 2 fully saturated rings. The lowest BCUT2D eigenvalue weighted by Crippen LogP contribution is -2.47. The molecule has 1 saturated heterocycles. The number of carbonyl (C=O) groups excluding carboxylic acids is 2. The number of carbonyl (C=O) groups is 2. The monoisotopic (exact) mass is 293 g/mol. The fraction of sp³-hybridized carbons (Fsp3) is 0.643. The van der Waals surface area contributed by atoms with Gasteiger partial charge in [-0.05, 0) is 32.6 Å². The Kier molecular flexibility index (Phi) is 3.74. The Labute approximate surface area is 122 Å². The van der Waals surface area contributed by atoms with Crippen LogP contribution in [0.4, 0.5) is 0 Å². The van der Waals surface area contributed by atoms with E-state index in [1.165, 1.54) is 11.3 Å². The molecule has 1 aromatic rings. The van der Waals surface area contributed by atoms with E-state index in [2.05, 4.69) is 10.3 Å².